The molecule has 0 saturated heterocycles. The van der Waals surface area contributed by atoms with Gasteiger partial charge in [0.25, 0.3) is 0 Å². The van der Waals surface area contributed by atoms with Crippen molar-refractivity contribution >= 4 is 27.1 Å². The summed E-state index contributed by atoms with van der Waals surface area (Å²) >= 11 is 3.41. The smallest absolute Gasteiger partial charge is 0.232 e. The molecule has 3 heterocycles. The fraction of sp³-hybridized carbons (Fsp3) is 0.385. The van der Waals surface area contributed by atoms with E-state index >= 15 is 0 Å². The van der Waals surface area contributed by atoms with Crippen LogP contribution in [-0.2, 0) is 12.0 Å². The molecule has 0 radical (unpaired) electrons. The summed E-state index contributed by atoms with van der Waals surface area (Å²) < 4.78 is 8.15. The van der Waals surface area contributed by atoms with Crippen LogP contribution >= 0.6 is 15.9 Å². The van der Waals surface area contributed by atoms with E-state index in [0.29, 0.717) is 23.9 Å². The third-order valence-electron chi connectivity index (χ3n) is 2.86. The van der Waals surface area contributed by atoms with E-state index in [-0.39, 0.29) is 5.41 Å². The zero-order valence-electron chi connectivity index (χ0n) is 11.5. The number of aromatic nitrogens is 5. The van der Waals surface area contributed by atoms with Crippen LogP contribution in [0.1, 0.15) is 32.5 Å². The second-order valence-electron chi connectivity index (χ2n) is 5.63. The lowest BCUT2D eigenvalue weighted by Gasteiger charge is -2.10. The zero-order chi connectivity index (χ0) is 14.3. The Hall–Kier alpha value is -1.76. The van der Waals surface area contributed by atoms with Gasteiger partial charge in [-0.2, -0.15) is 4.98 Å². The van der Waals surface area contributed by atoms with Gasteiger partial charge in [-0.1, -0.05) is 25.9 Å². The van der Waals surface area contributed by atoms with Crippen LogP contribution in [0.2, 0.25) is 0 Å². The molecule has 0 aliphatic carbocycles. The molecule has 3 aromatic rings. The van der Waals surface area contributed by atoms with E-state index < -0.39 is 0 Å². The predicted molar refractivity (Wildman–Crippen MR) is 77.3 cm³/mol. The molecule has 7 heteroatoms. The van der Waals surface area contributed by atoms with Crippen molar-refractivity contribution in [1.29, 1.82) is 0 Å². The quantitative estimate of drug-likeness (QED) is 0.720. The Bertz CT molecular complexity index is 756. The number of halogens is 1. The second-order valence-corrected chi connectivity index (χ2v) is 6.55. The normalized spacial score (nSPS) is 12.2. The van der Waals surface area contributed by atoms with E-state index in [1.54, 1.807) is 12.5 Å². The highest BCUT2D eigenvalue weighted by Gasteiger charge is 2.22. The maximum atomic E-state index is 5.29. The fourth-order valence-corrected chi connectivity index (χ4v) is 2.14. The van der Waals surface area contributed by atoms with Gasteiger partial charge in [-0.25, -0.2) is 9.97 Å². The van der Waals surface area contributed by atoms with Crippen LogP contribution < -0.4 is 0 Å². The third-order valence-corrected chi connectivity index (χ3v) is 3.30. The van der Waals surface area contributed by atoms with Crippen LogP contribution in [0.5, 0.6) is 0 Å². The average molecular weight is 336 g/mol. The fourth-order valence-electron chi connectivity index (χ4n) is 1.82. The van der Waals surface area contributed by atoms with Crippen LogP contribution in [0.15, 0.2) is 27.6 Å². The Morgan fingerprint density at radius 3 is 2.80 bits per heavy atom. The molecule has 0 amide bonds. The highest BCUT2D eigenvalue weighted by atomic mass is 79.9. The van der Waals surface area contributed by atoms with Gasteiger partial charge in [0.15, 0.2) is 11.5 Å². The number of hydrogen-bond acceptors (Lipinski definition) is 5. The van der Waals surface area contributed by atoms with Gasteiger partial charge in [-0.05, 0) is 22.0 Å². The van der Waals surface area contributed by atoms with Crippen molar-refractivity contribution in [3.63, 3.8) is 0 Å². The molecule has 6 nitrogen and oxygen atoms in total. The molecule has 0 aromatic carbocycles. The number of imidazole rings is 1. The summed E-state index contributed by atoms with van der Waals surface area (Å²) in [7, 11) is 0. The van der Waals surface area contributed by atoms with Crippen molar-refractivity contribution in [1.82, 2.24) is 24.7 Å². The summed E-state index contributed by atoms with van der Waals surface area (Å²) in [6, 6.07) is 1.97. The predicted octanol–water partition coefficient (Wildman–Crippen LogP) is 2.92. The van der Waals surface area contributed by atoms with Crippen molar-refractivity contribution in [3.05, 3.63) is 34.8 Å². The maximum absolute atomic E-state index is 5.29. The zero-order valence-corrected chi connectivity index (χ0v) is 13.0. The third kappa shape index (κ3) is 2.45. The SMILES string of the molecule is CC(C)(C)c1nc(Cn2cnc3ncc(Br)cc32)no1. The van der Waals surface area contributed by atoms with Crippen molar-refractivity contribution in [3.8, 4) is 0 Å². The summed E-state index contributed by atoms with van der Waals surface area (Å²) in [6.07, 6.45) is 3.46. The molecule has 0 aliphatic heterocycles. The molecule has 0 N–H and O–H groups in total. The van der Waals surface area contributed by atoms with E-state index in [4.69, 9.17) is 4.52 Å². The molecule has 3 aromatic heterocycles. The Labute approximate surface area is 124 Å². The number of hydrogen-bond donors (Lipinski definition) is 0. The van der Waals surface area contributed by atoms with Crippen LogP contribution in [0.4, 0.5) is 0 Å². The first kappa shape index (κ1) is 13.2. The van der Waals surface area contributed by atoms with Crippen LogP contribution in [-0.4, -0.2) is 24.7 Å². The largest absolute Gasteiger partial charge is 0.339 e. The highest BCUT2D eigenvalue weighted by Crippen LogP contribution is 2.21. The number of fused-ring (bicyclic) bond motifs is 1. The molecular formula is C13H14BrN5O. The molecule has 0 atom stereocenters. The minimum atomic E-state index is -0.146. The lowest BCUT2D eigenvalue weighted by molar-refractivity contribution is 0.318. The van der Waals surface area contributed by atoms with E-state index in [1.807, 2.05) is 31.4 Å². The molecule has 0 spiro atoms. The van der Waals surface area contributed by atoms with Crippen molar-refractivity contribution in [2.45, 2.75) is 32.7 Å². The number of nitrogens with zero attached hydrogens (tertiary/aromatic N) is 5. The number of pyridine rings is 1. The van der Waals surface area contributed by atoms with Gasteiger partial charge >= 0.3 is 0 Å². The second kappa shape index (κ2) is 4.66. The Balaban J connectivity index is 1.93. The van der Waals surface area contributed by atoms with Crippen LogP contribution in [0.25, 0.3) is 11.2 Å². The number of rotatable bonds is 2. The van der Waals surface area contributed by atoms with E-state index in [2.05, 4.69) is 36.0 Å². The van der Waals surface area contributed by atoms with Crippen molar-refractivity contribution < 1.29 is 4.52 Å². The standard InChI is InChI=1S/C13H14BrN5O/c1-13(2,3)12-17-10(18-20-12)6-19-7-16-11-9(19)4-8(14)5-15-11/h4-5,7H,6H2,1-3H3. The van der Waals surface area contributed by atoms with Gasteiger partial charge < -0.3 is 9.09 Å². The molecule has 0 fully saturated rings. The molecule has 0 aliphatic rings. The Morgan fingerprint density at radius 1 is 1.30 bits per heavy atom. The van der Waals surface area contributed by atoms with Gasteiger partial charge in [0.05, 0.1) is 18.4 Å². The molecule has 20 heavy (non-hydrogen) atoms. The van der Waals surface area contributed by atoms with Crippen LogP contribution in [0.3, 0.4) is 0 Å². The average Bonchev–Trinajstić information content (AvgIpc) is 2.97. The first-order valence-electron chi connectivity index (χ1n) is 6.23. The summed E-state index contributed by atoms with van der Waals surface area (Å²) in [4.78, 5) is 12.9. The topological polar surface area (TPSA) is 69.6 Å². The molecule has 0 unspecified atom stereocenters. The first-order chi connectivity index (χ1) is 9.43. The van der Waals surface area contributed by atoms with E-state index in [9.17, 15) is 0 Å². The Kier molecular flexibility index (Phi) is 3.08. The Morgan fingerprint density at radius 2 is 2.10 bits per heavy atom. The molecule has 0 saturated carbocycles. The molecule has 3 rings (SSSR count). The summed E-state index contributed by atoms with van der Waals surface area (Å²) in [6.45, 7) is 6.63. The highest BCUT2D eigenvalue weighted by molar-refractivity contribution is 9.10. The lowest BCUT2D eigenvalue weighted by atomic mass is 9.97. The summed E-state index contributed by atoms with van der Waals surface area (Å²) in [5, 5.41) is 4.02. The van der Waals surface area contributed by atoms with E-state index in [0.717, 1.165) is 9.99 Å². The van der Waals surface area contributed by atoms with Gasteiger partial charge in [-0.3, -0.25) is 0 Å². The summed E-state index contributed by atoms with van der Waals surface area (Å²) in [5.74, 6) is 1.27. The molecular weight excluding hydrogens is 322 g/mol. The molecule has 0 bridgehead atoms. The minimum absolute atomic E-state index is 0.146. The minimum Gasteiger partial charge on any atom is -0.339 e. The van der Waals surface area contributed by atoms with Gasteiger partial charge in [-0.15, -0.1) is 0 Å². The molecule has 104 valence electrons. The lowest BCUT2D eigenvalue weighted by Crippen LogP contribution is -2.11. The van der Waals surface area contributed by atoms with Gasteiger partial charge in [0, 0.05) is 16.1 Å². The monoisotopic (exact) mass is 335 g/mol. The summed E-state index contributed by atoms with van der Waals surface area (Å²) in [5.41, 5.74) is 1.49. The van der Waals surface area contributed by atoms with E-state index in [1.165, 1.54) is 0 Å². The van der Waals surface area contributed by atoms with Gasteiger partial charge in [0.2, 0.25) is 5.89 Å². The van der Waals surface area contributed by atoms with Crippen molar-refractivity contribution in [2.24, 2.45) is 0 Å². The van der Waals surface area contributed by atoms with Gasteiger partial charge in [0.1, 0.15) is 0 Å². The van der Waals surface area contributed by atoms with Crippen LogP contribution in [0, 0.1) is 0 Å². The first-order valence-corrected chi connectivity index (χ1v) is 7.02. The van der Waals surface area contributed by atoms with Crippen molar-refractivity contribution in [2.75, 3.05) is 0 Å². The maximum Gasteiger partial charge on any atom is 0.232 e.